The predicted molar refractivity (Wildman–Crippen MR) is 139 cm³/mol. The molecule has 2 aromatic rings. The van der Waals surface area contributed by atoms with Crippen LogP contribution in [0.15, 0.2) is 42.5 Å². The van der Waals surface area contributed by atoms with Crippen molar-refractivity contribution in [1.29, 1.82) is 0 Å². The number of halogens is 1. The van der Waals surface area contributed by atoms with Crippen molar-refractivity contribution in [3.8, 4) is 11.5 Å². The van der Waals surface area contributed by atoms with Gasteiger partial charge in [0.1, 0.15) is 30.0 Å². The predicted octanol–water partition coefficient (Wildman–Crippen LogP) is 3.18. The Kier molecular flexibility index (Phi) is 9.78. The van der Waals surface area contributed by atoms with E-state index in [2.05, 4.69) is 10.6 Å². The molecule has 0 aromatic heterocycles. The van der Waals surface area contributed by atoms with E-state index in [4.69, 9.17) is 14.2 Å². The van der Waals surface area contributed by atoms with Crippen molar-refractivity contribution in [2.24, 2.45) is 0 Å². The van der Waals surface area contributed by atoms with Gasteiger partial charge in [0.2, 0.25) is 5.91 Å². The van der Waals surface area contributed by atoms with E-state index < -0.39 is 11.9 Å². The maximum Gasteiger partial charge on any atom is 0.407 e. The van der Waals surface area contributed by atoms with E-state index in [9.17, 15) is 19.1 Å². The summed E-state index contributed by atoms with van der Waals surface area (Å²) in [6.45, 7) is 4.76. The molecule has 2 heterocycles. The fourth-order valence-electron chi connectivity index (χ4n) is 4.95. The van der Waals surface area contributed by atoms with Crippen molar-refractivity contribution in [2.45, 2.75) is 44.3 Å². The van der Waals surface area contributed by atoms with E-state index in [0.29, 0.717) is 31.7 Å². The number of nitrogens with one attached hydrogen (secondary N) is 2. The fourth-order valence-corrected chi connectivity index (χ4v) is 4.95. The molecule has 38 heavy (non-hydrogen) atoms. The molecule has 10 heteroatoms. The van der Waals surface area contributed by atoms with Crippen LogP contribution < -0.4 is 20.1 Å². The molecule has 2 unspecified atom stereocenters. The maximum absolute atomic E-state index is 13.8. The number of rotatable bonds is 11. The highest BCUT2D eigenvalue weighted by Crippen LogP contribution is 2.32. The zero-order valence-electron chi connectivity index (χ0n) is 21.7. The SMILES string of the molecule is CC(=O)NCCc1ccc(F)cc1OCCOC1CN(C(=O)O)CCC1c1ccc(O[C@H]2CCNC2)cc1. The van der Waals surface area contributed by atoms with Gasteiger partial charge in [0.25, 0.3) is 0 Å². The molecule has 4 rings (SSSR count). The van der Waals surface area contributed by atoms with E-state index in [1.165, 1.54) is 24.0 Å². The molecule has 0 radical (unpaired) electrons. The standard InChI is InChI=1S/C28H36FN3O6/c1-19(33)31-12-8-21-2-5-22(29)16-26(21)36-14-15-37-27-18-32(28(34)35)13-10-25(27)20-3-6-23(7-4-20)38-24-9-11-30-17-24/h2-7,16,24-25,27,30H,8-15,17-18H2,1H3,(H,31,33)(H,34,35)/t24-,25?,27?/m0/s1. The van der Waals surface area contributed by atoms with Gasteiger partial charge in [-0.05, 0) is 55.1 Å². The summed E-state index contributed by atoms with van der Waals surface area (Å²) in [5, 5.41) is 15.5. The minimum absolute atomic E-state index is 0.0233. The molecule has 3 N–H and O–H groups in total. The highest BCUT2D eigenvalue weighted by atomic mass is 19.1. The van der Waals surface area contributed by atoms with Crippen molar-refractivity contribution < 1.29 is 33.3 Å². The molecular formula is C28H36FN3O6. The van der Waals surface area contributed by atoms with Gasteiger partial charge in [0.15, 0.2) is 0 Å². The van der Waals surface area contributed by atoms with Gasteiger partial charge in [-0.2, -0.15) is 0 Å². The maximum atomic E-state index is 13.8. The largest absolute Gasteiger partial charge is 0.491 e. The summed E-state index contributed by atoms with van der Waals surface area (Å²) in [6.07, 6.45) is 0.999. The van der Waals surface area contributed by atoms with Crippen LogP contribution in [0.4, 0.5) is 9.18 Å². The van der Waals surface area contributed by atoms with Gasteiger partial charge in [-0.15, -0.1) is 0 Å². The smallest absolute Gasteiger partial charge is 0.407 e. The quantitative estimate of drug-likeness (QED) is 0.384. The Bertz CT molecular complexity index is 1080. The van der Waals surface area contributed by atoms with Crippen molar-refractivity contribution in [3.05, 3.63) is 59.4 Å². The van der Waals surface area contributed by atoms with E-state index in [-0.39, 0.29) is 43.8 Å². The van der Waals surface area contributed by atoms with Gasteiger partial charge in [-0.1, -0.05) is 18.2 Å². The van der Waals surface area contributed by atoms with Gasteiger partial charge in [0.05, 0.1) is 19.3 Å². The summed E-state index contributed by atoms with van der Waals surface area (Å²) in [4.78, 5) is 24.1. The average Bonchev–Trinajstić information content (AvgIpc) is 3.41. The number of likely N-dealkylation sites (tertiary alicyclic amines) is 1. The fraction of sp³-hybridized carbons (Fsp3) is 0.500. The highest BCUT2D eigenvalue weighted by Gasteiger charge is 2.33. The number of carboxylic acid groups (broad SMARTS) is 1. The minimum Gasteiger partial charge on any atom is -0.491 e. The molecule has 2 aromatic carbocycles. The van der Waals surface area contributed by atoms with Gasteiger partial charge < -0.3 is 34.9 Å². The van der Waals surface area contributed by atoms with Crippen molar-refractivity contribution in [3.63, 3.8) is 0 Å². The molecule has 2 saturated heterocycles. The van der Waals surface area contributed by atoms with Crippen LogP contribution in [-0.2, 0) is 16.0 Å². The van der Waals surface area contributed by atoms with Crippen LogP contribution in [0.5, 0.6) is 11.5 Å². The first-order valence-electron chi connectivity index (χ1n) is 13.1. The monoisotopic (exact) mass is 529 g/mol. The Labute approximate surface area is 222 Å². The zero-order chi connectivity index (χ0) is 26.9. The number of hydrogen-bond donors (Lipinski definition) is 3. The summed E-state index contributed by atoms with van der Waals surface area (Å²) in [5.74, 6) is 0.703. The van der Waals surface area contributed by atoms with E-state index in [0.717, 1.165) is 36.4 Å². The molecule has 2 fully saturated rings. The average molecular weight is 530 g/mol. The second-order valence-electron chi connectivity index (χ2n) is 9.67. The Morgan fingerprint density at radius 2 is 1.97 bits per heavy atom. The normalized spacial score (nSPS) is 21.2. The van der Waals surface area contributed by atoms with Crippen LogP contribution in [0.2, 0.25) is 0 Å². The second kappa shape index (κ2) is 13.4. The summed E-state index contributed by atoms with van der Waals surface area (Å²) >= 11 is 0. The summed E-state index contributed by atoms with van der Waals surface area (Å²) in [6, 6.07) is 12.3. The number of benzene rings is 2. The van der Waals surface area contributed by atoms with Crippen molar-refractivity contribution in [2.75, 3.05) is 45.9 Å². The molecule has 3 atom stereocenters. The topological polar surface area (TPSA) is 109 Å². The molecular weight excluding hydrogens is 493 g/mol. The van der Waals surface area contributed by atoms with Crippen molar-refractivity contribution in [1.82, 2.24) is 15.5 Å². The third-order valence-corrected chi connectivity index (χ3v) is 6.93. The molecule has 0 bridgehead atoms. The van der Waals surface area contributed by atoms with Gasteiger partial charge in [0, 0.05) is 38.5 Å². The molecule has 0 saturated carbocycles. The first-order chi connectivity index (χ1) is 18.4. The van der Waals surface area contributed by atoms with Gasteiger partial charge in [-0.25, -0.2) is 9.18 Å². The molecule has 0 aliphatic carbocycles. The first-order valence-corrected chi connectivity index (χ1v) is 13.1. The lowest BCUT2D eigenvalue weighted by atomic mass is 9.87. The summed E-state index contributed by atoms with van der Waals surface area (Å²) in [5.41, 5.74) is 1.85. The van der Waals surface area contributed by atoms with E-state index in [1.807, 2.05) is 24.3 Å². The van der Waals surface area contributed by atoms with Crippen molar-refractivity contribution >= 4 is 12.0 Å². The Hall–Kier alpha value is -3.37. The number of hydrogen-bond acceptors (Lipinski definition) is 6. The van der Waals surface area contributed by atoms with Gasteiger partial charge in [-0.3, -0.25) is 4.79 Å². The molecule has 2 aliphatic rings. The lowest BCUT2D eigenvalue weighted by Crippen LogP contribution is -2.46. The Morgan fingerprint density at radius 1 is 1.16 bits per heavy atom. The molecule has 2 amide bonds. The molecule has 0 spiro atoms. The van der Waals surface area contributed by atoms with Crippen LogP contribution in [0, 0.1) is 5.82 Å². The Morgan fingerprint density at radius 3 is 2.68 bits per heavy atom. The summed E-state index contributed by atoms with van der Waals surface area (Å²) < 4.78 is 31.9. The number of carbonyl (C=O) groups is 2. The zero-order valence-corrected chi connectivity index (χ0v) is 21.7. The second-order valence-corrected chi connectivity index (χ2v) is 9.67. The Balaban J connectivity index is 1.35. The number of carbonyl (C=O) groups excluding carboxylic acids is 1. The highest BCUT2D eigenvalue weighted by molar-refractivity contribution is 5.72. The number of ether oxygens (including phenoxy) is 3. The molecule has 9 nitrogen and oxygen atoms in total. The summed E-state index contributed by atoms with van der Waals surface area (Å²) in [7, 11) is 0. The van der Waals surface area contributed by atoms with E-state index >= 15 is 0 Å². The molecule has 2 aliphatic heterocycles. The van der Waals surface area contributed by atoms with Gasteiger partial charge >= 0.3 is 6.09 Å². The van der Waals surface area contributed by atoms with Crippen LogP contribution in [0.1, 0.15) is 36.8 Å². The van der Waals surface area contributed by atoms with Crippen LogP contribution in [0.25, 0.3) is 0 Å². The first kappa shape index (κ1) is 27.7. The minimum atomic E-state index is -0.967. The number of piperidine rings is 1. The van der Waals surface area contributed by atoms with Crippen LogP contribution in [-0.4, -0.2) is 80.2 Å². The number of amides is 2. The van der Waals surface area contributed by atoms with E-state index in [1.54, 1.807) is 6.07 Å². The van der Waals surface area contributed by atoms with Crippen LogP contribution >= 0.6 is 0 Å². The van der Waals surface area contributed by atoms with Crippen LogP contribution in [0.3, 0.4) is 0 Å². The lowest BCUT2D eigenvalue weighted by molar-refractivity contribution is -0.118. The third-order valence-electron chi connectivity index (χ3n) is 6.93. The third kappa shape index (κ3) is 7.82. The lowest BCUT2D eigenvalue weighted by Gasteiger charge is -2.37. The number of nitrogens with zero attached hydrogens (tertiary/aromatic N) is 1. The molecule has 206 valence electrons.